The predicted molar refractivity (Wildman–Crippen MR) is 83.6 cm³/mol. The van der Waals surface area contributed by atoms with Crippen molar-refractivity contribution in [1.82, 2.24) is 15.6 Å². The molecule has 0 bridgehead atoms. The second kappa shape index (κ2) is 9.29. The van der Waals surface area contributed by atoms with Crippen LogP contribution in [0.5, 0.6) is 5.88 Å². The van der Waals surface area contributed by atoms with E-state index in [9.17, 15) is 13.6 Å². The fourth-order valence-electron chi connectivity index (χ4n) is 1.82. The summed E-state index contributed by atoms with van der Waals surface area (Å²) in [5, 5.41) is 5.37. The van der Waals surface area contributed by atoms with Crippen molar-refractivity contribution in [1.29, 1.82) is 0 Å². The van der Waals surface area contributed by atoms with Gasteiger partial charge in [0, 0.05) is 12.6 Å². The smallest absolute Gasteiger partial charge is 0.262 e. The molecule has 0 aliphatic carbocycles. The Kier molecular flexibility index (Phi) is 8.92. The number of alkyl halides is 2. The van der Waals surface area contributed by atoms with Crippen molar-refractivity contribution in [2.24, 2.45) is 0 Å². The number of nitrogens with zero attached hydrogens (tertiary/aromatic N) is 1. The van der Waals surface area contributed by atoms with Gasteiger partial charge in [-0.25, -0.2) is 13.8 Å². The molecule has 1 amide bonds. The molecule has 1 fully saturated rings. The highest BCUT2D eigenvalue weighted by Crippen LogP contribution is 2.25. The Hall–Kier alpha value is -0.890. The molecule has 1 saturated heterocycles. The summed E-state index contributed by atoms with van der Waals surface area (Å²) in [5.74, 6) is -3.01. The monoisotopic (exact) mass is 377 g/mol. The number of nitrogens with one attached hydrogen (secondary N) is 2. The van der Waals surface area contributed by atoms with Crippen molar-refractivity contribution in [3.63, 3.8) is 0 Å². The molecule has 1 aromatic rings. The van der Waals surface area contributed by atoms with Gasteiger partial charge >= 0.3 is 0 Å². The fraction of sp³-hybridized carbons (Fsp3) is 0.500. The zero-order valence-corrected chi connectivity index (χ0v) is 13.7. The third-order valence-corrected chi connectivity index (χ3v) is 3.08. The lowest BCUT2D eigenvalue weighted by Crippen LogP contribution is -2.41. The van der Waals surface area contributed by atoms with Crippen LogP contribution in [0.2, 0.25) is 5.02 Å². The van der Waals surface area contributed by atoms with E-state index in [1.165, 1.54) is 6.20 Å². The van der Waals surface area contributed by atoms with Crippen LogP contribution >= 0.6 is 36.4 Å². The van der Waals surface area contributed by atoms with Crippen molar-refractivity contribution in [3.05, 3.63) is 23.4 Å². The zero-order chi connectivity index (χ0) is 14.6. The van der Waals surface area contributed by atoms with Crippen molar-refractivity contribution in [3.8, 4) is 5.88 Å². The molecule has 126 valence electrons. The van der Waals surface area contributed by atoms with Gasteiger partial charge < -0.3 is 10.1 Å². The summed E-state index contributed by atoms with van der Waals surface area (Å²) in [6, 6.07) is 2.44. The SMILES string of the molecule is Cl.Cl.O=C(NCCOc1ncccc1Cl)C1CC(F)(F)CN1. The van der Waals surface area contributed by atoms with E-state index in [4.69, 9.17) is 16.3 Å². The third-order valence-electron chi connectivity index (χ3n) is 2.79. The largest absolute Gasteiger partial charge is 0.475 e. The molecule has 1 aliphatic heterocycles. The molecular weight excluding hydrogens is 363 g/mol. The number of aromatic nitrogens is 1. The molecule has 0 aromatic carbocycles. The standard InChI is InChI=1S/C12H14ClF2N3O2.2ClH/c13-8-2-1-3-17-11(8)20-5-4-16-10(19)9-6-12(14,15)7-18-9;;/h1-3,9,18H,4-7H2,(H,16,19);2*1H. The van der Waals surface area contributed by atoms with Gasteiger partial charge in [-0.1, -0.05) is 11.6 Å². The minimum absolute atomic E-state index is 0. The number of hydrogen-bond donors (Lipinski definition) is 2. The minimum Gasteiger partial charge on any atom is -0.475 e. The van der Waals surface area contributed by atoms with E-state index in [2.05, 4.69) is 15.6 Å². The minimum atomic E-state index is -2.82. The topological polar surface area (TPSA) is 63.2 Å². The van der Waals surface area contributed by atoms with Crippen LogP contribution < -0.4 is 15.4 Å². The molecule has 2 rings (SSSR count). The zero-order valence-electron chi connectivity index (χ0n) is 11.4. The summed E-state index contributed by atoms with van der Waals surface area (Å²) >= 11 is 5.83. The van der Waals surface area contributed by atoms with Crippen molar-refractivity contribution >= 4 is 42.3 Å². The van der Waals surface area contributed by atoms with Crippen LogP contribution in [0.4, 0.5) is 8.78 Å². The van der Waals surface area contributed by atoms with Gasteiger partial charge in [0.15, 0.2) is 0 Å². The summed E-state index contributed by atoms with van der Waals surface area (Å²) in [4.78, 5) is 15.5. The molecule has 5 nitrogen and oxygen atoms in total. The maximum absolute atomic E-state index is 12.9. The van der Waals surface area contributed by atoms with Crippen LogP contribution in [0.3, 0.4) is 0 Å². The van der Waals surface area contributed by atoms with Crippen molar-refractivity contribution in [2.75, 3.05) is 19.7 Å². The van der Waals surface area contributed by atoms with Gasteiger partial charge in [-0.15, -0.1) is 24.8 Å². The molecule has 1 atom stereocenters. The van der Waals surface area contributed by atoms with Crippen LogP contribution in [0.15, 0.2) is 18.3 Å². The van der Waals surface area contributed by atoms with Gasteiger partial charge in [0.05, 0.1) is 19.1 Å². The van der Waals surface area contributed by atoms with Crippen LogP contribution in [0.1, 0.15) is 6.42 Å². The fourth-order valence-corrected chi connectivity index (χ4v) is 2.00. The number of rotatable bonds is 5. The molecule has 0 saturated carbocycles. The van der Waals surface area contributed by atoms with Crippen LogP contribution in [0.25, 0.3) is 0 Å². The number of ether oxygens (including phenoxy) is 1. The summed E-state index contributed by atoms with van der Waals surface area (Å²) in [7, 11) is 0. The first kappa shape index (κ1) is 21.1. The third kappa shape index (κ3) is 6.08. The van der Waals surface area contributed by atoms with E-state index in [-0.39, 0.29) is 43.8 Å². The van der Waals surface area contributed by atoms with E-state index in [0.717, 1.165) is 0 Å². The summed E-state index contributed by atoms with van der Waals surface area (Å²) < 4.78 is 31.1. The number of amides is 1. The van der Waals surface area contributed by atoms with Crippen molar-refractivity contribution < 1.29 is 18.3 Å². The first-order valence-electron chi connectivity index (χ1n) is 6.10. The Balaban J connectivity index is 0.00000220. The lowest BCUT2D eigenvalue weighted by Gasteiger charge is -2.11. The Morgan fingerprint density at radius 3 is 2.86 bits per heavy atom. The van der Waals surface area contributed by atoms with Gasteiger partial charge in [-0.3, -0.25) is 10.1 Å². The first-order chi connectivity index (χ1) is 9.48. The van der Waals surface area contributed by atoms with E-state index in [1.807, 2.05) is 0 Å². The number of carbonyl (C=O) groups is 1. The van der Waals surface area contributed by atoms with E-state index < -0.39 is 30.8 Å². The molecule has 1 aromatic heterocycles. The molecule has 1 aliphatic rings. The van der Waals surface area contributed by atoms with E-state index in [1.54, 1.807) is 12.1 Å². The van der Waals surface area contributed by atoms with Gasteiger partial charge in [0.2, 0.25) is 11.8 Å². The summed E-state index contributed by atoms with van der Waals surface area (Å²) in [6.45, 7) is -0.119. The number of hydrogen-bond acceptors (Lipinski definition) is 4. The Morgan fingerprint density at radius 1 is 1.55 bits per heavy atom. The van der Waals surface area contributed by atoms with Gasteiger partial charge in [0.25, 0.3) is 5.92 Å². The normalized spacial score (nSPS) is 18.8. The quantitative estimate of drug-likeness (QED) is 0.770. The highest BCUT2D eigenvalue weighted by atomic mass is 35.5. The molecule has 0 radical (unpaired) electrons. The Morgan fingerprint density at radius 2 is 2.27 bits per heavy atom. The van der Waals surface area contributed by atoms with Crippen molar-refractivity contribution in [2.45, 2.75) is 18.4 Å². The van der Waals surface area contributed by atoms with E-state index >= 15 is 0 Å². The van der Waals surface area contributed by atoms with E-state index in [0.29, 0.717) is 5.02 Å². The second-order valence-electron chi connectivity index (χ2n) is 4.42. The molecular formula is C12H16Cl3F2N3O2. The summed E-state index contributed by atoms with van der Waals surface area (Å²) in [6.07, 6.45) is 1.05. The van der Waals surface area contributed by atoms with Gasteiger partial charge in [-0.2, -0.15) is 0 Å². The second-order valence-corrected chi connectivity index (χ2v) is 4.83. The predicted octanol–water partition coefficient (Wildman–Crippen LogP) is 2.07. The summed E-state index contributed by atoms with van der Waals surface area (Å²) in [5.41, 5.74) is 0. The maximum Gasteiger partial charge on any atom is 0.262 e. The highest BCUT2D eigenvalue weighted by molar-refractivity contribution is 6.31. The average molecular weight is 379 g/mol. The molecule has 2 heterocycles. The van der Waals surface area contributed by atoms with Gasteiger partial charge in [-0.05, 0) is 12.1 Å². The molecule has 10 heteroatoms. The number of pyridine rings is 1. The Labute approximate surface area is 144 Å². The van der Waals surface area contributed by atoms with Crippen LogP contribution in [-0.2, 0) is 4.79 Å². The highest BCUT2D eigenvalue weighted by Gasteiger charge is 2.42. The average Bonchev–Trinajstić information content (AvgIpc) is 2.77. The van der Waals surface area contributed by atoms with Crippen LogP contribution in [-0.4, -0.2) is 42.6 Å². The molecule has 22 heavy (non-hydrogen) atoms. The first-order valence-corrected chi connectivity index (χ1v) is 6.48. The maximum atomic E-state index is 12.9. The Bertz CT molecular complexity index is 494. The lowest BCUT2D eigenvalue weighted by atomic mass is 10.2. The molecule has 2 N–H and O–H groups in total. The lowest BCUT2D eigenvalue weighted by molar-refractivity contribution is -0.123. The number of halogens is 5. The van der Waals surface area contributed by atoms with Gasteiger partial charge in [0.1, 0.15) is 11.6 Å². The molecule has 0 spiro atoms. The number of carbonyl (C=O) groups excluding carboxylic acids is 1. The van der Waals surface area contributed by atoms with Crippen LogP contribution in [0, 0.1) is 0 Å². The molecule has 1 unspecified atom stereocenters.